The van der Waals surface area contributed by atoms with E-state index in [0.29, 0.717) is 12.7 Å². The lowest BCUT2D eigenvalue weighted by Gasteiger charge is -2.16. The molecule has 0 radical (unpaired) electrons. The van der Waals surface area contributed by atoms with Crippen molar-refractivity contribution in [3.05, 3.63) is 0 Å². The van der Waals surface area contributed by atoms with E-state index >= 15 is 0 Å². The predicted octanol–water partition coefficient (Wildman–Crippen LogP) is 3.07. The fourth-order valence-electron chi connectivity index (χ4n) is 1.18. The van der Waals surface area contributed by atoms with E-state index in [9.17, 15) is 0 Å². The molecule has 0 saturated heterocycles. The third-order valence-electron chi connectivity index (χ3n) is 1.94. The molecule has 114 valence electrons. The van der Waals surface area contributed by atoms with Crippen LogP contribution >= 0.6 is 0 Å². The standard InChI is InChI=1S/C10H24N2O2.2C2H6/c1-10(2)13-8-4-6-12(3)7-5-9-14-11;2*1-2/h10H,4-9,11H2,1-3H3;2*1-2H3. The van der Waals surface area contributed by atoms with Crippen molar-refractivity contribution in [2.24, 2.45) is 5.90 Å². The summed E-state index contributed by atoms with van der Waals surface area (Å²) in [7, 11) is 2.10. The second-order valence-corrected chi connectivity index (χ2v) is 3.80. The molecule has 0 aromatic heterocycles. The molecule has 0 rings (SSSR count). The predicted molar refractivity (Wildman–Crippen MR) is 80.7 cm³/mol. The Morgan fingerprint density at radius 3 is 1.78 bits per heavy atom. The summed E-state index contributed by atoms with van der Waals surface area (Å²) in [6, 6.07) is 0. The molecular formula is C14H36N2O2. The summed E-state index contributed by atoms with van der Waals surface area (Å²) in [5, 5.41) is 0. The second-order valence-electron chi connectivity index (χ2n) is 3.80. The fraction of sp³-hybridized carbons (Fsp3) is 1.00. The zero-order chi connectivity index (χ0) is 14.8. The lowest BCUT2D eigenvalue weighted by atomic mass is 10.3. The van der Waals surface area contributed by atoms with E-state index in [-0.39, 0.29) is 0 Å². The number of rotatable bonds is 9. The Kier molecular flexibility index (Phi) is 28.2. The molecule has 0 aliphatic rings. The Hall–Kier alpha value is -0.160. The van der Waals surface area contributed by atoms with Crippen molar-refractivity contribution in [2.75, 3.05) is 33.4 Å². The average Bonchev–Trinajstić information content (AvgIpc) is 2.39. The van der Waals surface area contributed by atoms with Crippen LogP contribution in [0.2, 0.25) is 0 Å². The van der Waals surface area contributed by atoms with Gasteiger partial charge in [0.25, 0.3) is 0 Å². The maximum absolute atomic E-state index is 5.45. The van der Waals surface area contributed by atoms with E-state index in [4.69, 9.17) is 10.6 Å². The maximum Gasteiger partial charge on any atom is 0.0691 e. The van der Waals surface area contributed by atoms with Crippen LogP contribution in [0.3, 0.4) is 0 Å². The van der Waals surface area contributed by atoms with Crippen molar-refractivity contribution in [1.29, 1.82) is 0 Å². The van der Waals surface area contributed by atoms with Crippen LogP contribution in [0.4, 0.5) is 0 Å². The minimum absolute atomic E-state index is 0.339. The van der Waals surface area contributed by atoms with Gasteiger partial charge in [0, 0.05) is 19.7 Å². The molecule has 0 saturated carbocycles. The van der Waals surface area contributed by atoms with E-state index in [1.165, 1.54) is 0 Å². The topological polar surface area (TPSA) is 47.7 Å². The highest BCUT2D eigenvalue weighted by molar-refractivity contribution is 4.51. The quantitative estimate of drug-likeness (QED) is 0.513. The van der Waals surface area contributed by atoms with Crippen LogP contribution in [0.25, 0.3) is 0 Å². The van der Waals surface area contributed by atoms with Gasteiger partial charge in [0.2, 0.25) is 0 Å². The Morgan fingerprint density at radius 2 is 1.39 bits per heavy atom. The van der Waals surface area contributed by atoms with Gasteiger partial charge in [-0.1, -0.05) is 27.7 Å². The molecule has 0 unspecified atom stereocenters. The zero-order valence-corrected chi connectivity index (χ0v) is 13.7. The van der Waals surface area contributed by atoms with E-state index in [2.05, 4.69) is 30.6 Å². The molecule has 4 nitrogen and oxygen atoms in total. The van der Waals surface area contributed by atoms with Gasteiger partial charge in [0.05, 0.1) is 12.7 Å². The molecule has 0 aliphatic carbocycles. The first-order valence-corrected chi connectivity index (χ1v) is 7.28. The third kappa shape index (κ3) is 24.9. The molecule has 0 spiro atoms. The molecular weight excluding hydrogens is 228 g/mol. The van der Waals surface area contributed by atoms with Gasteiger partial charge in [-0.2, -0.15) is 0 Å². The van der Waals surface area contributed by atoms with Crippen molar-refractivity contribution in [1.82, 2.24) is 4.90 Å². The van der Waals surface area contributed by atoms with Gasteiger partial charge in [-0.25, -0.2) is 5.90 Å². The van der Waals surface area contributed by atoms with Gasteiger partial charge < -0.3 is 14.5 Å². The summed E-state index contributed by atoms with van der Waals surface area (Å²) in [4.78, 5) is 6.76. The molecule has 2 N–H and O–H groups in total. The molecule has 0 amide bonds. The fourth-order valence-corrected chi connectivity index (χ4v) is 1.18. The average molecular weight is 264 g/mol. The van der Waals surface area contributed by atoms with Crippen LogP contribution in [0.1, 0.15) is 54.4 Å². The summed E-state index contributed by atoms with van der Waals surface area (Å²) < 4.78 is 5.45. The highest BCUT2D eigenvalue weighted by Crippen LogP contribution is 1.94. The Labute approximate surface area is 115 Å². The van der Waals surface area contributed by atoms with Crippen molar-refractivity contribution in [3.63, 3.8) is 0 Å². The number of hydrogen-bond donors (Lipinski definition) is 1. The van der Waals surface area contributed by atoms with Crippen molar-refractivity contribution in [2.45, 2.75) is 60.5 Å². The van der Waals surface area contributed by atoms with Crippen LogP contribution in [-0.2, 0) is 9.57 Å². The summed E-state index contributed by atoms with van der Waals surface area (Å²) in [5.41, 5.74) is 0. The third-order valence-corrected chi connectivity index (χ3v) is 1.94. The molecule has 0 bridgehead atoms. The summed E-state index contributed by atoms with van der Waals surface area (Å²) >= 11 is 0. The van der Waals surface area contributed by atoms with Crippen LogP contribution < -0.4 is 5.90 Å². The molecule has 0 aliphatic heterocycles. The van der Waals surface area contributed by atoms with Crippen molar-refractivity contribution in [3.8, 4) is 0 Å². The van der Waals surface area contributed by atoms with E-state index < -0.39 is 0 Å². The first-order chi connectivity index (χ1) is 8.66. The molecule has 0 atom stereocenters. The molecule has 0 fully saturated rings. The van der Waals surface area contributed by atoms with Crippen LogP contribution in [0.5, 0.6) is 0 Å². The van der Waals surface area contributed by atoms with E-state index in [1.54, 1.807) is 0 Å². The van der Waals surface area contributed by atoms with Crippen molar-refractivity contribution < 1.29 is 9.57 Å². The molecule has 0 aromatic rings. The van der Waals surface area contributed by atoms with Crippen LogP contribution in [0, 0.1) is 0 Å². The monoisotopic (exact) mass is 264 g/mol. The number of nitrogens with two attached hydrogens (primary N) is 1. The summed E-state index contributed by atoms with van der Waals surface area (Å²) in [5.74, 6) is 4.93. The Bertz CT molecular complexity index is 122. The molecule has 4 heteroatoms. The summed E-state index contributed by atoms with van der Waals surface area (Å²) in [6.45, 7) is 15.7. The maximum atomic E-state index is 5.45. The highest BCUT2D eigenvalue weighted by atomic mass is 16.6. The highest BCUT2D eigenvalue weighted by Gasteiger charge is 1.98. The van der Waals surface area contributed by atoms with E-state index in [1.807, 2.05) is 27.7 Å². The summed E-state index contributed by atoms with van der Waals surface area (Å²) in [6.07, 6.45) is 2.40. The molecule has 0 aromatic carbocycles. The Balaban J connectivity index is -0.000000506. The van der Waals surface area contributed by atoms with Crippen LogP contribution in [0.15, 0.2) is 0 Å². The second kappa shape index (κ2) is 22.1. The minimum atomic E-state index is 0.339. The number of ether oxygens (including phenoxy) is 1. The van der Waals surface area contributed by atoms with E-state index in [0.717, 1.165) is 32.5 Å². The van der Waals surface area contributed by atoms with Gasteiger partial charge in [0.15, 0.2) is 0 Å². The van der Waals surface area contributed by atoms with Gasteiger partial charge >= 0.3 is 0 Å². The first-order valence-electron chi connectivity index (χ1n) is 7.28. The Morgan fingerprint density at radius 1 is 0.944 bits per heavy atom. The zero-order valence-electron chi connectivity index (χ0n) is 13.7. The lowest BCUT2D eigenvalue weighted by molar-refractivity contribution is 0.0709. The van der Waals surface area contributed by atoms with Gasteiger partial charge in [-0.15, -0.1) is 0 Å². The largest absolute Gasteiger partial charge is 0.379 e. The van der Waals surface area contributed by atoms with Crippen molar-refractivity contribution >= 4 is 0 Å². The molecule has 0 heterocycles. The molecule has 18 heavy (non-hydrogen) atoms. The van der Waals surface area contributed by atoms with Crippen LogP contribution in [-0.4, -0.2) is 44.4 Å². The number of nitrogens with zero attached hydrogens (tertiary/aromatic N) is 1. The normalized spacial score (nSPS) is 9.67. The lowest BCUT2D eigenvalue weighted by Crippen LogP contribution is -2.23. The van der Waals surface area contributed by atoms with Gasteiger partial charge in [-0.05, 0) is 33.7 Å². The first kappa shape index (κ1) is 23.0. The number of hydrogen-bond acceptors (Lipinski definition) is 4. The van der Waals surface area contributed by atoms with Gasteiger partial charge in [-0.3, -0.25) is 0 Å². The van der Waals surface area contributed by atoms with Gasteiger partial charge in [0.1, 0.15) is 0 Å². The SMILES string of the molecule is CC.CC.CC(C)OCCCN(C)CCCON. The smallest absolute Gasteiger partial charge is 0.0691 e. The minimum Gasteiger partial charge on any atom is -0.379 e.